The van der Waals surface area contributed by atoms with E-state index in [-0.39, 0.29) is 18.9 Å². The van der Waals surface area contributed by atoms with Crippen LogP contribution in [0, 0.1) is 6.92 Å². The van der Waals surface area contributed by atoms with Crippen LogP contribution in [-0.4, -0.2) is 50.5 Å². The number of aryl methyl sites for hydroxylation is 1. The van der Waals surface area contributed by atoms with E-state index in [0.29, 0.717) is 27.8 Å². The zero-order valence-electron chi connectivity index (χ0n) is 22.9. The number of carbonyl (C=O) groups excluding carboxylic acids is 2. The van der Waals surface area contributed by atoms with Gasteiger partial charge in [0.2, 0.25) is 21.8 Å². The zero-order chi connectivity index (χ0) is 29.3. The van der Waals surface area contributed by atoms with Crippen LogP contribution < -0.4 is 9.62 Å². The van der Waals surface area contributed by atoms with Crippen LogP contribution in [0.3, 0.4) is 0 Å². The molecule has 1 atom stereocenters. The highest BCUT2D eigenvalue weighted by Crippen LogP contribution is 2.25. The molecule has 3 aromatic carbocycles. The summed E-state index contributed by atoms with van der Waals surface area (Å²) in [7, 11) is -3.82. The molecule has 10 heteroatoms. The minimum absolute atomic E-state index is 0.0277. The lowest BCUT2D eigenvalue weighted by Gasteiger charge is -2.33. The van der Waals surface area contributed by atoms with Crippen molar-refractivity contribution in [1.82, 2.24) is 10.2 Å². The molecule has 0 radical (unpaired) electrons. The maximum atomic E-state index is 14.0. The van der Waals surface area contributed by atoms with Gasteiger partial charge in [-0.3, -0.25) is 13.9 Å². The lowest BCUT2D eigenvalue weighted by atomic mass is 10.0. The number of carbonyl (C=O) groups is 2. The van der Waals surface area contributed by atoms with Crippen molar-refractivity contribution in [2.45, 2.75) is 45.7 Å². The molecule has 40 heavy (non-hydrogen) atoms. The molecule has 0 spiro atoms. The van der Waals surface area contributed by atoms with Gasteiger partial charge in [-0.15, -0.1) is 0 Å². The van der Waals surface area contributed by atoms with Crippen molar-refractivity contribution >= 4 is 50.7 Å². The molecule has 0 fully saturated rings. The summed E-state index contributed by atoms with van der Waals surface area (Å²) in [4.78, 5) is 29.1. The lowest BCUT2D eigenvalue weighted by molar-refractivity contribution is -0.140. The Hall–Kier alpha value is -3.07. The number of amides is 2. The van der Waals surface area contributed by atoms with Crippen LogP contribution in [0.15, 0.2) is 72.8 Å². The predicted octanol–water partition coefficient (Wildman–Crippen LogP) is 5.62. The fourth-order valence-electron chi connectivity index (χ4n) is 4.22. The van der Waals surface area contributed by atoms with Crippen molar-refractivity contribution in [2.75, 3.05) is 23.7 Å². The van der Waals surface area contributed by atoms with Gasteiger partial charge in [0.1, 0.15) is 12.6 Å². The van der Waals surface area contributed by atoms with Crippen molar-refractivity contribution in [1.29, 1.82) is 0 Å². The number of hydrogen-bond donors (Lipinski definition) is 1. The molecule has 1 N–H and O–H groups in total. The number of halogens is 2. The highest BCUT2D eigenvalue weighted by molar-refractivity contribution is 7.92. The van der Waals surface area contributed by atoms with Gasteiger partial charge in [-0.25, -0.2) is 8.42 Å². The van der Waals surface area contributed by atoms with E-state index in [1.54, 1.807) is 42.5 Å². The molecule has 0 saturated carbocycles. The number of rotatable bonds is 13. The van der Waals surface area contributed by atoms with Crippen LogP contribution in [0.1, 0.15) is 36.5 Å². The van der Waals surface area contributed by atoms with Gasteiger partial charge in [-0.2, -0.15) is 0 Å². The molecule has 0 aliphatic rings. The molecule has 0 aliphatic heterocycles. The Morgan fingerprint density at radius 1 is 0.925 bits per heavy atom. The smallest absolute Gasteiger partial charge is 0.244 e. The Labute approximate surface area is 247 Å². The van der Waals surface area contributed by atoms with E-state index in [4.69, 9.17) is 23.2 Å². The van der Waals surface area contributed by atoms with Crippen LogP contribution in [0.25, 0.3) is 0 Å². The zero-order valence-corrected chi connectivity index (χ0v) is 25.3. The molecule has 0 unspecified atom stereocenters. The van der Waals surface area contributed by atoms with Crippen LogP contribution in [0.4, 0.5) is 5.69 Å². The highest BCUT2D eigenvalue weighted by atomic mass is 35.5. The standard InChI is InChI=1S/C30H35Cl2N3O4S/c1-4-5-17-33-30(37)28(19-23-9-7-6-8-10-23)34(20-24-13-16-26(31)27(32)18-24)29(36)21-35(40(3,38)39)25-14-11-22(2)12-15-25/h6-16,18,28H,4-5,17,19-21H2,1-3H3,(H,33,37)/t28-/m1/s1. The molecule has 7 nitrogen and oxygen atoms in total. The largest absolute Gasteiger partial charge is 0.354 e. The summed E-state index contributed by atoms with van der Waals surface area (Å²) in [6.07, 6.45) is 2.99. The van der Waals surface area contributed by atoms with Crippen molar-refractivity contribution in [2.24, 2.45) is 0 Å². The van der Waals surface area contributed by atoms with E-state index in [1.807, 2.05) is 44.2 Å². The van der Waals surface area contributed by atoms with Gasteiger partial charge in [-0.05, 0) is 48.7 Å². The Morgan fingerprint density at radius 3 is 2.20 bits per heavy atom. The molecule has 0 aliphatic carbocycles. The molecule has 214 valence electrons. The van der Waals surface area contributed by atoms with E-state index in [2.05, 4.69) is 5.32 Å². The molecule has 3 rings (SSSR count). The van der Waals surface area contributed by atoms with Crippen LogP contribution in [0.2, 0.25) is 10.0 Å². The van der Waals surface area contributed by atoms with Gasteiger partial charge in [0.15, 0.2) is 0 Å². The summed E-state index contributed by atoms with van der Waals surface area (Å²) in [5.41, 5.74) is 2.84. The van der Waals surface area contributed by atoms with Gasteiger partial charge in [0.25, 0.3) is 0 Å². The molecule has 0 heterocycles. The normalized spacial score (nSPS) is 12.0. The number of unbranched alkanes of at least 4 members (excludes halogenated alkanes) is 1. The third kappa shape index (κ3) is 8.98. The third-order valence-electron chi connectivity index (χ3n) is 6.44. The van der Waals surface area contributed by atoms with Crippen molar-refractivity contribution in [3.05, 3.63) is 99.5 Å². The Morgan fingerprint density at radius 2 is 1.60 bits per heavy atom. The van der Waals surface area contributed by atoms with Crippen LogP contribution >= 0.6 is 23.2 Å². The van der Waals surface area contributed by atoms with Gasteiger partial charge < -0.3 is 10.2 Å². The second-order valence-corrected chi connectivity index (χ2v) is 12.4. The molecular weight excluding hydrogens is 569 g/mol. The number of nitrogens with one attached hydrogen (secondary N) is 1. The molecule has 0 aromatic heterocycles. The summed E-state index contributed by atoms with van der Waals surface area (Å²) in [5.74, 6) is -0.837. The maximum Gasteiger partial charge on any atom is 0.244 e. The molecule has 0 bridgehead atoms. The predicted molar refractivity (Wildman–Crippen MR) is 162 cm³/mol. The van der Waals surface area contributed by atoms with Gasteiger partial charge >= 0.3 is 0 Å². The number of anilines is 1. The fraction of sp³-hybridized carbons (Fsp3) is 0.333. The monoisotopic (exact) mass is 603 g/mol. The Bertz CT molecular complexity index is 1400. The highest BCUT2D eigenvalue weighted by Gasteiger charge is 2.33. The second-order valence-electron chi connectivity index (χ2n) is 9.73. The van der Waals surface area contributed by atoms with Gasteiger partial charge in [-0.1, -0.05) is 90.6 Å². The summed E-state index contributed by atoms with van der Waals surface area (Å²) in [6.45, 7) is 3.94. The van der Waals surface area contributed by atoms with Crippen LogP contribution in [-0.2, 0) is 32.6 Å². The van der Waals surface area contributed by atoms with E-state index in [9.17, 15) is 18.0 Å². The molecule has 3 aromatic rings. The van der Waals surface area contributed by atoms with Crippen molar-refractivity contribution < 1.29 is 18.0 Å². The maximum absolute atomic E-state index is 14.0. The summed E-state index contributed by atoms with van der Waals surface area (Å²) in [5, 5.41) is 3.64. The van der Waals surface area contributed by atoms with Gasteiger partial charge in [0, 0.05) is 19.5 Å². The average Bonchev–Trinajstić information content (AvgIpc) is 2.91. The van der Waals surface area contributed by atoms with E-state index >= 15 is 0 Å². The average molecular weight is 605 g/mol. The summed E-state index contributed by atoms with van der Waals surface area (Å²) in [6, 6.07) is 20.4. The molecule has 2 amide bonds. The topological polar surface area (TPSA) is 86.8 Å². The molecule has 0 saturated heterocycles. The van der Waals surface area contributed by atoms with Crippen molar-refractivity contribution in [3.8, 4) is 0 Å². The van der Waals surface area contributed by atoms with E-state index in [0.717, 1.165) is 34.5 Å². The first-order valence-corrected chi connectivity index (χ1v) is 15.7. The number of benzene rings is 3. The first-order chi connectivity index (χ1) is 19.0. The fourth-order valence-corrected chi connectivity index (χ4v) is 5.39. The summed E-state index contributed by atoms with van der Waals surface area (Å²) >= 11 is 12.4. The first-order valence-electron chi connectivity index (χ1n) is 13.1. The number of hydrogen-bond acceptors (Lipinski definition) is 4. The third-order valence-corrected chi connectivity index (χ3v) is 8.32. The quantitative estimate of drug-likeness (QED) is 0.257. The Balaban J connectivity index is 2.04. The second kappa shape index (κ2) is 14.5. The lowest BCUT2D eigenvalue weighted by Crippen LogP contribution is -2.53. The number of sulfonamides is 1. The van der Waals surface area contributed by atoms with Crippen LogP contribution in [0.5, 0.6) is 0 Å². The number of nitrogens with zero attached hydrogens (tertiary/aromatic N) is 2. The van der Waals surface area contributed by atoms with Gasteiger partial charge in [0.05, 0.1) is 22.0 Å². The summed E-state index contributed by atoms with van der Waals surface area (Å²) < 4.78 is 26.7. The Kier molecular flexibility index (Phi) is 11.4. The SMILES string of the molecule is CCCCNC(=O)[C@@H](Cc1ccccc1)N(Cc1ccc(Cl)c(Cl)c1)C(=O)CN(c1ccc(C)cc1)S(C)(=O)=O. The molecular formula is C30H35Cl2N3O4S. The van der Waals surface area contributed by atoms with E-state index in [1.165, 1.54) is 4.90 Å². The minimum atomic E-state index is -3.82. The minimum Gasteiger partial charge on any atom is -0.354 e. The van der Waals surface area contributed by atoms with E-state index < -0.39 is 28.5 Å². The van der Waals surface area contributed by atoms with Crippen molar-refractivity contribution in [3.63, 3.8) is 0 Å². The first kappa shape index (κ1) is 31.5.